The molecule has 0 aromatic heterocycles. The lowest BCUT2D eigenvalue weighted by Gasteiger charge is -2.30. The van der Waals surface area contributed by atoms with E-state index in [4.69, 9.17) is 14.2 Å². The highest BCUT2D eigenvalue weighted by molar-refractivity contribution is 6.04. The van der Waals surface area contributed by atoms with Gasteiger partial charge in [-0.2, -0.15) is 4.99 Å². The van der Waals surface area contributed by atoms with Crippen molar-refractivity contribution in [2.24, 2.45) is 4.99 Å². The zero-order chi connectivity index (χ0) is 31.9. The highest BCUT2D eigenvalue weighted by atomic mass is 16.6. The summed E-state index contributed by atoms with van der Waals surface area (Å²) in [4.78, 5) is 68.4. The summed E-state index contributed by atoms with van der Waals surface area (Å²) in [5.74, 6) is -1.16. The average molecular weight is 608 g/mol. The summed E-state index contributed by atoms with van der Waals surface area (Å²) in [6.07, 6.45) is -1.30. The van der Waals surface area contributed by atoms with E-state index in [9.17, 15) is 24.0 Å². The van der Waals surface area contributed by atoms with E-state index in [1.54, 1.807) is 20.8 Å². The van der Waals surface area contributed by atoms with Gasteiger partial charge in [-0.05, 0) is 43.0 Å². The molecule has 1 aliphatic carbocycles. The van der Waals surface area contributed by atoms with E-state index in [1.807, 2.05) is 48.5 Å². The predicted octanol–water partition coefficient (Wildman–Crippen LogP) is 3.28. The zero-order valence-electron chi connectivity index (χ0n) is 25.3. The first kappa shape index (κ1) is 32.0. The maximum Gasteiger partial charge on any atom is 0.435 e. The first-order valence-corrected chi connectivity index (χ1v) is 14.2. The highest BCUT2D eigenvalue weighted by Crippen LogP contribution is 2.44. The quantitative estimate of drug-likeness (QED) is 0.325. The molecule has 2 aliphatic rings. The van der Waals surface area contributed by atoms with Gasteiger partial charge < -0.3 is 29.3 Å². The molecule has 0 saturated carbocycles. The molecule has 2 aromatic rings. The van der Waals surface area contributed by atoms with Gasteiger partial charge in [-0.1, -0.05) is 48.5 Å². The predicted molar refractivity (Wildman–Crippen MR) is 160 cm³/mol. The first-order chi connectivity index (χ1) is 20.9. The number of rotatable bonds is 9. The number of hydrogen-bond acceptors (Lipinski definition) is 8. The highest BCUT2D eigenvalue weighted by Gasteiger charge is 2.30. The number of nitrogens with zero attached hydrogens (tertiary/aromatic N) is 3. The van der Waals surface area contributed by atoms with Gasteiger partial charge in [-0.25, -0.2) is 14.4 Å². The standard InChI is InChI=1S/C31H37N5O8/c1-31(2,3)44-30(41)34-25-13-15-36(28(39)33-25)17-26(37)35(18-27(38)42-4)16-14-32-29(40)43-19-24-22-11-7-5-9-20(22)21-10-6-8-12-23(21)24/h5-12,24H,13-19H2,1-4H3,(H,32,40)(H,33,34,39,41). The van der Waals surface area contributed by atoms with Crippen LogP contribution in [0.2, 0.25) is 0 Å². The third-order valence-electron chi connectivity index (χ3n) is 7.00. The number of amidine groups is 1. The zero-order valence-corrected chi connectivity index (χ0v) is 25.3. The van der Waals surface area contributed by atoms with Crippen LogP contribution in [-0.2, 0) is 23.8 Å². The number of amides is 5. The Morgan fingerprint density at radius 1 is 1.05 bits per heavy atom. The number of ether oxygens (including phenoxy) is 3. The third kappa shape index (κ3) is 8.33. The van der Waals surface area contributed by atoms with Crippen molar-refractivity contribution in [1.29, 1.82) is 0 Å². The molecule has 1 saturated heterocycles. The van der Waals surface area contributed by atoms with Crippen molar-refractivity contribution >= 4 is 35.9 Å². The Bertz CT molecular complexity index is 1410. The molecule has 0 atom stereocenters. The van der Waals surface area contributed by atoms with E-state index in [2.05, 4.69) is 15.6 Å². The average Bonchev–Trinajstić information content (AvgIpc) is 3.29. The fraction of sp³-hybridized carbons (Fsp3) is 0.419. The lowest BCUT2D eigenvalue weighted by molar-refractivity contribution is -0.147. The fourth-order valence-electron chi connectivity index (χ4n) is 4.96. The summed E-state index contributed by atoms with van der Waals surface area (Å²) in [5.41, 5.74) is 3.66. The summed E-state index contributed by atoms with van der Waals surface area (Å²) in [6, 6.07) is 15.4. The number of fused-ring (bicyclic) bond motifs is 3. The molecule has 13 nitrogen and oxygen atoms in total. The van der Waals surface area contributed by atoms with Crippen molar-refractivity contribution in [3.63, 3.8) is 0 Å². The number of aliphatic imine (C=N–C) groups is 1. The Labute approximate surface area is 255 Å². The Kier molecular flexibility index (Phi) is 10.2. The number of carbonyl (C=O) groups excluding carboxylic acids is 5. The monoisotopic (exact) mass is 607 g/mol. The van der Waals surface area contributed by atoms with Gasteiger partial charge in [-0.15, -0.1) is 0 Å². The molecule has 13 heteroatoms. The fourth-order valence-corrected chi connectivity index (χ4v) is 4.96. The van der Waals surface area contributed by atoms with E-state index in [-0.39, 0.29) is 57.5 Å². The van der Waals surface area contributed by atoms with Crippen LogP contribution in [0.3, 0.4) is 0 Å². The maximum absolute atomic E-state index is 13.1. The number of esters is 1. The molecule has 0 spiro atoms. The molecular formula is C31H37N5O8. The summed E-state index contributed by atoms with van der Waals surface area (Å²) >= 11 is 0. The minimum absolute atomic E-state index is 0.00169. The van der Waals surface area contributed by atoms with Gasteiger partial charge in [0.2, 0.25) is 5.91 Å². The molecule has 1 aliphatic heterocycles. The van der Waals surface area contributed by atoms with Crippen LogP contribution >= 0.6 is 0 Å². The van der Waals surface area contributed by atoms with E-state index >= 15 is 0 Å². The lowest BCUT2D eigenvalue weighted by atomic mass is 9.98. The van der Waals surface area contributed by atoms with Gasteiger partial charge >= 0.3 is 24.2 Å². The van der Waals surface area contributed by atoms with Gasteiger partial charge in [0.1, 0.15) is 31.1 Å². The molecule has 2 aromatic carbocycles. The van der Waals surface area contributed by atoms with Crippen LogP contribution in [0.5, 0.6) is 0 Å². The molecule has 0 bridgehead atoms. The number of hydrogen-bond donors (Lipinski definition) is 2. The van der Waals surface area contributed by atoms with Crippen LogP contribution in [0, 0.1) is 0 Å². The number of methoxy groups -OCH3 is 1. The maximum atomic E-state index is 13.1. The number of nitrogens with one attached hydrogen (secondary N) is 2. The molecule has 234 valence electrons. The van der Waals surface area contributed by atoms with Gasteiger partial charge in [0.15, 0.2) is 0 Å². The summed E-state index contributed by atoms with van der Waals surface area (Å²) in [6.45, 7) is 4.60. The number of urea groups is 1. The van der Waals surface area contributed by atoms with Gasteiger partial charge in [0.25, 0.3) is 0 Å². The molecule has 4 rings (SSSR count). The smallest absolute Gasteiger partial charge is 0.435 e. The second-order valence-electron chi connectivity index (χ2n) is 11.3. The molecule has 2 N–H and O–H groups in total. The summed E-state index contributed by atoms with van der Waals surface area (Å²) in [7, 11) is 1.20. The SMILES string of the molecule is COC(=O)CN(CCNC(=O)OCC1c2ccccc2-c2ccccc21)C(=O)CN1CCC(=NC(=O)OC(C)(C)C)NC1=O. The molecule has 0 radical (unpaired) electrons. The summed E-state index contributed by atoms with van der Waals surface area (Å²) < 4.78 is 15.4. The van der Waals surface area contributed by atoms with Crippen LogP contribution in [0.25, 0.3) is 11.1 Å². The normalized spacial score (nSPS) is 15.1. The Morgan fingerprint density at radius 3 is 2.27 bits per heavy atom. The van der Waals surface area contributed by atoms with Crippen LogP contribution < -0.4 is 10.6 Å². The van der Waals surface area contributed by atoms with Crippen LogP contribution in [0.1, 0.15) is 44.2 Å². The molecule has 1 heterocycles. The number of carbonyl (C=O) groups is 5. The van der Waals surface area contributed by atoms with Crippen molar-refractivity contribution < 1.29 is 38.2 Å². The van der Waals surface area contributed by atoms with Crippen molar-refractivity contribution in [2.45, 2.75) is 38.7 Å². The Balaban J connectivity index is 1.28. The number of alkyl carbamates (subject to hydrolysis) is 1. The van der Waals surface area contributed by atoms with E-state index in [1.165, 1.54) is 16.9 Å². The van der Waals surface area contributed by atoms with E-state index < -0.39 is 35.7 Å². The molecule has 5 amide bonds. The molecular weight excluding hydrogens is 570 g/mol. The molecule has 44 heavy (non-hydrogen) atoms. The van der Waals surface area contributed by atoms with Crippen molar-refractivity contribution in [3.05, 3.63) is 59.7 Å². The van der Waals surface area contributed by atoms with Crippen LogP contribution in [0.4, 0.5) is 14.4 Å². The first-order valence-electron chi connectivity index (χ1n) is 14.2. The number of benzene rings is 2. The molecule has 0 unspecified atom stereocenters. The van der Waals surface area contributed by atoms with Gasteiger partial charge in [0.05, 0.1) is 7.11 Å². The van der Waals surface area contributed by atoms with E-state index in [0.29, 0.717) is 0 Å². The van der Waals surface area contributed by atoms with Gasteiger partial charge in [-0.3, -0.25) is 14.9 Å². The van der Waals surface area contributed by atoms with Crippen molar-refractivity contribution in [1.82, 2.24) is 20.4 Å². The minimum Gasteiger partial charge on any atom is -0.468 e. The summed E-state index contributed by atoms with van der Waals surface area (Å²) in [5, 5.41) is 5.11. The van der Waals surface area contributed by atoms with Crippen molar-refractivity contribution in [2.75, 3.05) is 46.4 Å². The second-order valence-corrected chi connectivity index (χ2v) is 11.3. The topological polar surface area (TPSA) is 156 Å². The lowest BCUT2D eigenvalue weighted by Crippen LogP contribution is -2.54. The van der Waals surface area contributed by atoms with Crippen LogP contribution in [-0.4, -0.2) is 97.8 Å². The van der Waals surface area contributed by atoms with Crippen molar-refractivity contribution in [3.8, 4) is 11.1 Å². The largest absolute Gasteiger partial charge is 0.468 e. The minimum atomic E-state index is -0.828. The molecule has 1 fully saturated rings. The Hall–Kier alpha value is -4.94. The van der Waals surface area contributed by atoms with E-state index in [0.717, 1.165) is 22.3 Å². The van der Waals surface area contributed by atoms with Crippen LogP contribution in [0.15, 0.2) is 53.5 Å². The van der Waals surface area contributed by atoms with Gasteiger partial charge in [0, 0.05) is 32.0 Å². The third-order valence-corrected chi connectivity index (χ3v) is 7.00. The second kappa shape index (κ2) is 14.0. The Morgan fingerprint density at radius 2 is 1.68 bits per heavy atom.